The SMILES string of the molecule is Cc1cc(C(=O)NCc2ccc3nsnc3c2)n2nccc2n1. The number of nitrogens with one attached hydrogen (secondary N) is 1. The van der Waals surface area contributed by atoms with Crippen LogP contribution in [0.1, 0.15) is 21.7 Å². The zero-order valence-electron chi connectivity index (χ0n) is 12.2. The molecule has 0 aliphatic rings. The fourth-order valence-corrected chi connectivity index (χ4v) is 2.93. The van der Waals surface area contributed by atoms with Crippen LogP contribution in [0.25, 0.3) is 16.7 Å². The molecule has 0 radical (unpaired) electrons. The Kier molecular flexibility index (Phi) is 3.23. The largest absolute Gasteiger partial charge is 0.347 e. The number of benzene rings is 1. The molecule has 0 aliphatic heterocycles. The van der Waals surface area contributed by atoms with Crippen molar-refractivity contribution in [3.8, 4) is 0 Å². The second-order valence-corrected chi connectivity index (χ2v) is 5.68. The number of aryl methyl sites for hydroxylation is 1. The summed E-state index contributed by atoms with van der Waals surface area (Å²) in [7, 11) is 0. The van der Waals surface area contributed by atoms with E-state index in [1.807, 2.05) is 25.1 Å². The van der Waals surface area contributed by atoms with E-state index >= 15 is 0 Å². The van der Waals surface area contributed by atoms with Gasteiger partial charge in [-0.05, 0) is 30.7 Å². The molecule has 0 saturated heterocycles. The molecule has 3 heterocycles. The van der Waals surface area contributed by atoms with Crippen molar-refractivity contribution in [2.45, 2.75) is 13.5 Å². The molecule has 4 aromatic rings. The number of carbonyl (C=O) groups excluding carboxylic acids is 1. The number of rotatable bonds is 3. The summed E-state index contributed by atoms with van der Waals surface area (Å²) in [5.41, 5.74) is 4.59. The van der Waals surface area contributed by atoms with Crippen molar-refractivity contribution in [3.05, 3.63) is 53.5 Å². The molecule has 0 atom stereocenters. The Bertz CT molecular complexity index is 1020. The second-order valence-electron chi connectivity index (χ2n) is 5.15. The first-order valence-corrected chi connectivity index (χ1v) is 7.74. The van der Waals surface area contributed by atoms with Gasteiger partial charge >= 0.3 is 0 Å². The highest BCUT2D eigenvalue weighted by molar-refractivity contribution is 7.00. The molecule has 0 aliphatic carbocycles. The fraction of sp³-hybridized carbons (Fsp3) is 0.133. The molecule has 0 spiro atoms. The van der Waals surface area contributed by atoms with Gasteiger partial charge in [0.05, 0.1) is 17.9 Å². The minimum absolute atomic E-state index is 0.194. The van der Waals surface area contributed by atoms with Gasteiger partial charge in [0.1, 0.15) is 16.7 Å². The zero-order chi connectivity index (χ0) is 15.8. The van der Waals surface area contributed by atoms with Gasteiger partial charge in [-0.1, -0.05) is 6.07 Å². The van der Waals surface area contributed by atoms with Crippen LogP contribution in [0, 0.1) is 6.92 Å². The topological polar surface area (TPSA) is 85.1 Å². The van der Waals surface area contributed by atoms with Gasteiger partial charge in [0, 0.05) is 18.3 Å². The van der Waals surface area contributed by atoms with Crippen LogP contribution in [0.3, 0.4) is 0 Å². The Labute approximate surface area is 135 Å². The molecule has 7 nitrogen and oxygen atoms in total. The van der Waals surface area contributed by atoms with Crippen molar-refractivity contribution >= 4 is 34.3 Å². The second kappa shape index (κ2) is 5.40. The van der Waals surface area contributed by atoms with Crippen molar-refractivity contribution in [1.82, 2.24) is 28.7 Å². The van der Waals surface area contributed by atoms with Crippen LogP contribution in [-0.2, 0) is 6.54 Å². The number of hydrogen-bond donors (Lipinski definition) is 1. The maximum Gasteiger partial charge on any atom is 0.270 e. The quantitative estimate of drug-likeness (QED) is 0.623. The van der Waals surface area contributed by atoms with Crippen LogP contribution < -0.4 is 5.32 Å². The van der Waals surface area contributed by atoms with Crippen LogP contribution in [-0.4, -0.2) is 29.3 Å². The summed E-state index contributed by atoms with van der Waals surface area (Å²) in [4.78, 5) is 16.8. The maximum absolute atomic E-state index is 12.5. The van der Waals surface area contributed by atoms with E-state index < -0.39 is 0 Å². The average molecular weight is 324 g/mol. The first kappa shape index (κ1) is 13.8. The van der Waals surface area contributed by atoms with Gasteiger partial charge in [0.25, 0.3) is 5.91 Å². The number of fused-ring (bicyclic) bond motifs is 2. The molecule has 0 unspecified atom stereocenters. The Morgan fingerprint density at radius 2 is 2.09 bits per heavy atom. The Morgan fingerprint density at radius 1 is 1.22 bits per heavy atom. The summed E-state index contributed by atoms with van der Waals surface area (Å²) in [6.45, 7) is 2.27. The van der Waals surface area contributed by atoms with Crippen molar-refractivity contribution in [2.75, 3.05) is 0 Å². The molecule has 0 bridgehead atoms. The van der Waals surface area contributed by atoms with Gasteiger partial charge in [0.2, 0.25) is 0 Å². The van der Waals surface area contributed by atoms with Crippen LogP contribution >= 0.6 is 11.7 Å². The number of hydrogen-bond acceptors (Lipinski definition) is 6. The molecular weight excluding hydrogens is 312 g/mol. The van der Waals surface area contributed by atoms with E-state index in [9.17, 15) is 4.79 Å². The number of aromatic nitrogens is 5. The minimum atomic E-state index is -0.194. The van der Waals surface area contributed by atoms with E-state index in [0.29, 0.717) is 17.9 Å². The first-order valence-electron chi connectivity index (χ1n) is 7.01. The van der Waals surface area contributed by atoms with Gasteiger partial charge in [-0.3, -0.25) is 4.79 Å². The summed E-state index contributed by atoms with van der Waals surface area (Å²) in [5.74, 6) is -0.194. The standard InChI is InChI=1S/C15H12N6OS/c1-9-6-13(21-14(18-9)4-5-17-21)15(22)16-8-10-2-3-11-12(7-10)20-23-19-11/h2-7H,8H2,1H3,(H,16,22). The third-order valence-electron chi connectivity index (χ3n) is 3.49. The third kappa shape index (κ3) is 2.53. The highest BCUT2D eigenvalue weighted by Crippen LogP contribution is 2.13. The lowest BCUT2D eigenvalue weighted by atomic mass is 10.2. The van der Waals surface area contributed by atoms with Crippen LogP contribution in [0.15, 0.2) is 36.5 Å². The number of carbonyl (C=O) groups is 1. The molecule has 1 aromatic carbocycles. The summed E-state index contributed by atoms with van der Waals surface area (Å²) < 4.78 is 9.91. The molecule has 114 valence electrons. The predicted octanol–water partition coefficient (Wildman–Crippen LogP) is 1.97. The van der Waals surface area contributed by atoms with Crippen LogP contribution in [0.2, 0.25) is 0 Å². The predicted molar refractivity (Wildman–Crippen MR) is 86.3 cm³/mol. The zero-order valence-corrected chi connectivity index (χ0v) is 13.0. The van der Waals surface area contributed by atoms with E-state index in [4.69, 9.17) is 0 Å². The van der Waals surface area contributed by atoms with E-state index in [1.54, 1.807) is 18.3 Å². The van der Waals surface area contributed by atoms with Crippen molar-refractivity contribution in [2.24, 2.45) is 0 Å². The summed E-state index contributed by atoms with van der Waals surface area (Å²) >= 11 is 1.18. The molecule has 4 rings (SSSR count). The molecule has 0 fully saturated rings. The van der Waals surface area contributed by atoms with Gasteiger partial charge in [-0.2, -0.15) is 13.8 Å². The summed E-state index contributed by atoms with van der Waals surface area (Å²) in [6.07, 6.45) is 1.63. The monoisotopic (exact) mass is 324 g/mol. The fourth-order valence-electron chi connectivity index (χ4n) is 2.41. The smallest absolute Gasteiger partial charge is 0.270 e. The third-order valence-corrected chi connectivity index (χ3v) is 4.05. The van der Waals surface area contributed by atoms with Gasteiger partial charge in [-0.25, -0.2) is 9.50 Å². The van der Waals surface area contributed by atoms with E-state index in [0.717, 1.165) is 22.3 Å². The van der Waals surface area contributed by atoms with Crippen molar-refractivity contribution < 1.29 is 4.79 Å². The normalized spacial score (nSPS) is 11.2. The number of nitrogens with zero attached hydrogens (tertiary/aromatic N) is 5. The Balaban J connectivity index is 1.58. The Morgan fingerprint density at radius 3 is 3.00 bits per heavy atom. The molecule has 1 amide bonds. The van der Waals surface area contributed by atoms with Crippen LogP contribution in [0.4, 0.5) is 0 Å². The lowest BCUT2D eigenvalue weighted by molar-refractivity contribution is 0.0943. The summed E-state index contributed by atoms with van der Waals surface area (Å²) in [5, 5.41) is 7.06. The lowest BCUT2D eigenvalue weighted by Crippen LogP contribution is -2.25. The van der Waals surface area contributed by atoms with Crippen molar-refractivity contribution in [1.29, 1.82) is 0 Å². The maximum atomic E-state index is 12.5. The molecule has 1 N–H and O–H groups in total. The van der Waals surface area contributed by atoms with E-state index in [2.05, 4.69) is 24.1 Å². The van der Waals surface area contributed by atoms with E-state index in [1.165, 1.54) is 16.2 Å². The summed E-state index contributed by atoms with van der Waals surface area (Å²) in [6, 6.07) is 9.27. The molecule has 8 heteroatoms. The van der Waals surface area contributed by atoms with E-state index in [-0.39, 0.29) is 5.91 Å². The van der Waals surface area contributed by atoms with Crippen molar-refractivity contribution in [3.63, 3.8) is 0 Å². The van der Waals surface area contributed by atoms with Crippen LogP contribution in [0.5, 0.6) is 0 Å². The minimum Gasteiger partial charge on any atom is -0.347 e. The van der Waals surface area contributed by atoms with Gasteiger partial charge in [0.15, 0.2) is 5.65 Å². The highest BCUT2D eigenvalue weighted by atomic mass is 32.1. The molecule has 23 heavy (non-hydrogen) atoms. The molecular formula is C15H12N6OS. The highest BCUT2D eigenvalue weighted by Gasteiger charge is 2.12. The average Bonchev–Trinajstić information content (AvgIpc) is 3.19. The first-order chi connectivity index (χ1) is 11.2. The number of amides is 1. The molecule has 0 saturated carbocycles. The van der Waals surface area contributed by atoms with Gasteiger partial charge in [-0.15, -0.1) is 0 Å². The lowest BCUT2D eigenvalue weighted by Gasteiger charge is -2.08. The molecule has 3 aromatic heterocycles. The van der Waals surface area contributed by atoms with Gasteiger partial charge < -0.3 is 5.32 Å². The Hall–Kier alpha value is -2.87.